The molecule has 23 heavy (non-hydrogen) atoms. The maximum atomic E-state index is 12.9. The number of carbonyl (C=O) groups excluding carboxylic acids is 1. The lowest BCUT2D eigenvalue weighted by Crippen LogP contribution is -2.53. The number of rotatable bonds is 3. The van der Waals surface area contributed by atoms with Crippen molar-refractivity contribution in [2.24, 2.45) is 5.41 Å². The Morgan fingerprint density at radius 3 is 2.78 bits per heavy atom. The first-order chi connectivity index (χ1) is 11.0. The molecule has 4 nitrogen and oxygen atoms in total. The van der Waals surface area contributed by atoms with Crippen LogP contribution in [0.2, 0.25) is 0 Å². The van der Waals surface area contributed by atoms with Crippen molar-refractivity contribution >= 4 is 5.91 Å². The number of nitrogens with zero attached hydrogens (tertiary/aromatic N) is 2. The molecule has 1 N–H and O–H groups in total. The van der Waals surface area contributed by atoms with E-state index in [0.717, 1.165) is 45.4 Å². The molecule has 3 rings (SSSR count). The summed E-state index contributed by atoms with van der Waals surface area (Å²) < 4.78 is 0. The minimum absolute atomic E-state index is 0.0682. The van der Waals surface area contributed by atoms with Gasteiger partial charge < -0.3 is 10.0 Å². The first kappa shape index (κ1) is 16.5. The molecule has 4 heteroatoms. The number of benzene rings is 1. The number of hydrogen-bond donors (Lipinski definition) is 1. The van der Waals surface area contributed by atoms with Gasteiger partial charge in [-0.2, -0.15) is 0 Å². The average molecular weight is 316 g/mol. The zero-order valence-corrected chi connectivity index (χ0v) is 14.3. The second-order valence-corrected chi connectivity index (χ2v) is 7.50. The van der Waals surface area contributed by atoms with Crippen molar-refractivity contribution < 1.29 is 9.90 Å². The summed E-state index contributed by atoms with van der Waals surface area (Å²) in [5.74, 6) is 0.224. The number of aliphatic hydroxyl groups excluding tert-OH is 1. The summed E-state index contributed by atoms with van der Waals surface area (Å²) in [5.41, 5.74) is 2.58. The fourth-order valence-corrected chi connectivity index (χ4v) is 3.92. The molecule has 0 saturated carbocycles. The fourth-order valence-electron chi connectivity index (χ4n) is 3.92. The molecule has 2 aliphatic rings. The molecule has 2 aliphatic heterocycles. The van der Waals surface area contributed by atoms with Crippen LogP contribution in [0.25, 0.3) is 0 Å². The van der Waals surface area contributed by atoms with E-state index >= 15 is 0 Å². The second-order valence-electron chi connectivity index (χ2n) is 7.50. The maximum absolute atomic E-state index is 12.9. The molecule has 0 aromatic heterocycles. The zero-order chi connectivity index (χ0) is 16.4. The van der Waals surface area contributed by atoms with Crippen LogP contribution in [-0.2, 0) is 17.8 Å². The van der Waals surface area contributed by atoms with Gasteiger partial charge in [0.25, 0.3) is 0 Å². The van der Waals surface area contributed by atoms with Crippen molar-refractivity contribution in [1.82, 2.24) is 9.80 Å². The summed E-state index contributed by atoms with van der Waals surface area (Å²) in [4.78, 5) is 17.2. The summed E-state index contributed by atoms with van der Waals surface area (Å²) in [7, 11) is 0. The van der Waals surface area contributed by atoms with Gasteiger partial charge in [0.05, 0.1) is 6.04 Å². The highest BCUT2D eigenvalue weighted by molar-refractivity contribution is 5.81. The van der Waals surface area contributed by atoms with Crippen LogP contribution in [-0.4, -0.2) is 53.1 Å². The molecule has 1 aromatic rings. The van der Waals surface area contributed by atoms with Crippen molar-refractivity contribution in [3.05, 3.63) is 35.4 Å². The standard InChI is InChI=1S/C19H28N2O2/c1-15(21-10-5-9-19(2,13-21)14-22)18(23)20-11-8-16-6-3-4-7-17(16)12-20/h3-4,6-7,15,22H,5,8-14H2,1-2H3. The van der Waals surface area contributed by atoms with Gasteiger partial charge in [-0.15, -0.1) is 0 Å². The summed E-state index contributed by atoms with van der Waals surface area (Å²) in [6.07, 6.45) is 3.04. The number of amides is 1. The SMILES string of the molecule is CC(C(=O)N1CCc2ccccc2C1)N1CCCC(C)(CO)C1. The van der Waals surface area contributed by atoms with E-state index in [1.165, 1.54) is 11.1 Å². The van der Waals surface area contributed by atoms with Crippen molar-refractivity contribution in [2.75, 3.05) is 26.2 Å². The highest BCUT2D eigenvalue weighted by Gasteiger charge is 2.36. The van der Waals surface area contributed by atoms with E-state index in [-0.39, 0.29) is 24.0 Å². The lowest BCUT2D eigenvalue weighted by molar-refractivity contribution is -0.139. The molecule has 0 aliphatic carbocycles. The van der Waals surface area contributed by atoms with Crippen LogP contribution in [0, 0.1) is 5.41 Å². The summed E-state index contributed by atoms with van der Waals surface area (Å²) in [5, 5.41) is 9.62. The van der Waals surface area contributed by atoms with Crippen LogP contribution in [0.15, 0.2) is 24.3 Å². The van der Waals surface area contributed by atoms with Crippen molar-refractivity contribution in [2.45, 2.75) is 45.7 Å². The van der Waals surface area contributed by atoms with E-state index in [4.69, 9.17) is 0 Å². The predicted molar refractivity (Wildman–Crippen MR) is 91.0 cm³/mol. The predicted octanol–water partition coefficient (Wildman–Crippen LogP) is 2.05. The molecule has 1 amide bonds. The number of fused-ring (bicyclic) bond motifs is 1. The van der Waals surface area contributed by atoms with Crippen molar-refractivity contribution in [1.29, 1.82) is 0 Å². The van der Waals surface area contributed by atoms with Crippen LogP contribution in [0.4, 0.5) is 0 Å². The number of aliphatic hydroxyl groups is 1. The summed E-state index contributed by atoms with van der Waals surface area (Å²) in [6.45, 7) is 7.63. The van der Waals surface area contributed by atoms with Crippen LogP contribution in [0.3, 0.4) is 0 Å². The van der Waals surface area contributed by atoms with Gasteiger partial charge in [-0.25, -0.2) is 0 Å². The Labute approximate surface area is 139 Å². The number of likely N-dealkylation sites (tertiary alicyclic amines) is 1. The van der Waals surface area contributed by atoms with E-state index < -0.39 is 0 Å². The Kier molecular flexibility index (Phi) is 4.74. The molecule has 1 fully saturated rings. The lowest BCUT2D eigenvalue weighted by Gasteiger charge is -2.43. The Hall–Kier alpha value is -1.39. The Bertz CT molecular complexity index is 574. The lowest BCUT2D eigenvalue weighted by atomic mass is 9.82. The minimum atomic E-state index is -0.105. The summed E-state index contributed by atoms with van der Waals surface area (Å²) in [6, 6.07) is 8.31. The molecule has 0 radical (unpaired) electrons. The zero-order valence-electron chi connectivity index (χ0n) is 14.3. The van der Waals surface area contributed by atoms with Gasteiger partial charge in [0.1, 0.15) is 0 Å². The molecule has 126 valence electrons. The molecule has 0 bridgehead atoms. The number of hydrogen-bond acceptors (Lipinski definition) is 3. The van der Waals surface area contributed by atoms with Crippen LogP contribution >= 0.6 is 0 Å². The van der Waals surface area contributed by atoms with Gasteiger partial charge in [0.15, 0.2) is 0 Å². The molecule has 1 aromatic carbocycles. The van der Waals surface area contributed by atoms with Gasteiger partial charge in [-0.3, -0.25) is 9.69 Å². The largest absolute Gasteiger partial charge is 0.396 e. The molecule has 2 heterocycles. The van der Waals surface area contributed by atoms with E-state index in [1.807, 2.05) is 17.9 Å². The van der Waals surface area contributed by atoms with Crippen molar-refractivity contribution in [3.63, 3.8) is 0 Å². The van der Waals surface area contributed by atoms with E-state index in [0.29, 0.717) is 0 Å². The third kappa shape index (κ3) is 3.43. The molecule has 2 unspecified atom stereocenters. The smallest absolute Gasteiger partial charge is 0.239 e. The fraction of sp³-hybridized carbons (Fsp3) is 0.632. The number of piperidine rings is 1. The first-order valence-electron chi connectivity index (χ1n) is 8.73. The molecular weight excluding hydrogens is 288 g/mol. The van der Waals surface area contributed by atoms with Gasteiger partial charge in [0.2, 0.25) is 5.91 Å². The number of carbonyl (C=O) groups is 1. The van der Waals surface area contributed by atoms with Gasteiger partial charge in [-0.1, -0.05) is 31.2 Å². The van der Waals surface area contributed by atoms with Gasteiger partial charge in [0, 0.05) is 31.7 Å². The average Bonchev–Trinajstić information content (AvgIpc) is 2.60. The third-order valence-electron chi connectivity index (χ3n) is 5.54. The Balaban J connectivity index is 1.66. The molecule has 1 saturated heterocycles. The topological polar surface area (TPSA) is 43.8 Å². The van der Waals surface area contributed by atoms with Crippen molar-refractivity contribution in [3.8, 4) is 0 Å². The molecule has 2 atom stereocenters. The molecule has 0 spiro atoms. The second kappa shape index (κ2) is 6.62. The summed E-state index contributed by atoms with van der Waals surface area (Å²) >= 11 is 0. The van der Waals surface area contributed by atoms with E-state index in [1.54, 1.807) is 0 Å². The highest BCUT2D eigenvalue weighted by atomic mass is 16.3. The highest BCUT2D eigenvalue weighted by Crippen LogP contribution is 2.30. The third-order valence-corrected chi connectivity index (χ3v) is 5.54. The monoisotopic (exact) mass is 316 g/mol. The Morgan fingerprint density at radius 2 is 2.04 bits per heavy atom. The van der Waals surface area contributed by atoms with Crippen LogP contribution < -0.4 is 0 Å². The van der Waals surface area contributed by atoms with Crippen LogP contribution in [0.1, 0.15) is 37.8 Å². The van der Waals surface area contributed by atoms with E-state index in [2.05, 4.69) is 30.0 Å². The van der Waals surface area contributed by atoms with Crippen LogP contribution in [0.5, 0.6) is 0 Å². The quantitative estimate of drug-likeness (QED) is 0.928. The minimum Gasteiger partial charge on any atom is -0.396 e. The normalized spacial score (nSPS) is 26.7. The first-order valence-corrected chi connectivity index (χ1v) is 8.73. The maximum Gasteiger partial charge on any atom is 0.239 e. The Morgan fingerprint density at radius 1 is 1.30 bits per heavy atom. The van der Waals surface area contributed by atoms with E-state index in [9.17, 15) is 9.90 Å². The van der Waals surface area contributed by atoms with Gasteiger partial charge in [-0.05, 0) is 43.9 Å². The molecular formula is C19H28N2O2. The van der Waals surface area contributed by atoms with Gasteiger partial charge >= 0.3 is 0 Å².